The van der Waals surface area contributed by atoms with E-state index in [-0.39, 0.29) is 11.9 Å². The van der Waals surface area contributed by atoms with Crippen molar-refractivity contribution in [3.05, 3.63) is 11.6 Å². The standard InChI is InChI=1S/C8H10O2/c1-5-8-3-7(9)2-6(8)4-10-5/h2,5,8H,3-4H2,1H3/t5-,8+/m0/s1. The van der Waals surface area contributed by atoms with Crippen molar-refractivity contribution in [1.82, 2.24) is 0 Å². The molecule has 0 radical (unpaired) electrons. The van der Waals surface area contributed by atoms with Crippen LogP contribution in [0.2, 0.25) is 0 Å². The summed E-state index contributed by atoms with van der Waals surface area (Å²) in [4.78, 5) is 10.9. The van der Waals surface area contributed by atoms with Gasteiger partial charge in [0, 0.05) is 12.3 Å². The molecule has 1 heterocycles. The fourth-order valence-electron chi connectivity index (χ4n) is 1.68. The summed E-state index contributed by atoms with van der Waals surface area (Å²) in [5, 5.41) is 0. The molecule has 1 aliphatic heterocycles. The monoisotopic (exact) mass is 138 g/mol. The van der Waals surface area contributed by atoms with E-state index in [2.05, 4.69) is 0 Å². The highest BCUT2D eigenvalue weighted by molar-refractivity contribution is 5.93. The van der Waals surface area contributed by atoms with Gasteiger partial charge in [-0.05, 0) is 18.6 Å². The molecule has 1 fully saturated rings. The third kappa shape index (κ3) is 0.721. The summed E-state index contributed by atoms with van der Waals surface area (Å²) in [6.07, 6.45) is 2.68. The van der Waals surface area contributed by atoms with Crippen molar-refractivity contribution in [2.24, 2.45) is 5.92 Å². The van der Waals surface area contributed by atoms with Crippen LogP contribution in [0.3, 0.4) is 0 Å². The molecule has 0 aromatic heterocycles. The van der Waals surface area contributed by atoms with Crippen LogP contribution in [0.25, 0.3) is 0 Å². The molecule has 0 amide bonds. The number of hydrogen-bond acceptors (Lipinski definition) is 2. The largest absolute Gasteiger partial charge is 0.374 e. The van der Waals surface area contributed by atoms with Crippen molar-refractivity contribution in [3.63, 3.8) is 0 Å². The average molecular weight is 138 g/mol. The third-order valence-electron chi connectivity index (χ3n) is 2.32. The first kappa shape index (κ1) is 6.10. The molecule has 2 rings (SSSR count). The number of hydrogen-bond donors (Lipinski definition) is 0. The number of rotatable bonds is 0. The minimum atomic E-state index is 0.262. The Bertz CT molecular complexity index is 205. The lowest BCUT2D eigenvalue weighted by molar-refractivity contribution is -0.115. The highest BCUT2D eigenvalue weighted by Gasteiger charge is 2.34. The summed E-state index contributed by atoms with van der Waals surface area (Å²) in [5.41, 5.74) is 1.21. The molecule has 0 aromatic carbocycles. The van der Waals surface area contributed by atoms with Gasteiger partial charge in [-0.3, -0.25) is 4.79 Å². The number of fused-ring (bicyclic) bond motifs is 1. The Morgan fingerprint density at radius 1 is 1.70 bits per heavy atom. The number of allylic oxidation sites excluding steroid dienone is 1. The number of ketones is 1. The molecule has 0 N–H and O–H groups in total. The summed E-state index contributed by atoms with van der Waals surface area (Å²) in [6, 6.07) is 0. The lowest BCUT2D eigenvalue weighted by atomic mass is 10.00. The van der Waals surface area contributed by atoms with E-state index in [9.17, 15) is 4.79 Å². The van der Waals surface area contributed by atoms with Crippen molar-refractivity contribution >= 4 is 5.78 Å². The highest BCUT2D eigenvalue weighted by atomic mass is 16.5. The summed E-state index contributed by atoms with van der Waals surface area (Å²) in [6.45, 7) is 2.71. The highest BCUT2D eigenvalue weighted by Crippen LogP contribution is 2.33. The molecule has 0 saturated carbocycles. The van der Waals surface area contributed by atoms with Gasteiger partial charge in [0.25, 0.3) is 0 Å². The smallest absolute Gasteiger partial charge is 0.156 e. The zero-order chi connectivity index (χ0) is 7.14. The zero-order valence-corrected chi connectivity index (χ0v) is 5.96. The van der Waals surface area contributed by atoms with Crippen LogP contribution in [0, 0.1) is 5.92 Å². The Morgan fingerprint density at radius 3 is 3.20 bits per heavy atom. The summed E-state index contributed by atoms with van der Waals surface area (Å²) >= 11 is 0. The van der Waals surface area contributed by atoms with Crippen molar-refractivity contribution in [1.29, 1.82) is 0 Å². The first-order chi connectivity index (χ1) is 4.77. The maximum absolute atomic E-state index is 10.9. The van der Waals surface area contributed by atoms with Gasteiger partial charge in [0.15, 0.2) is 5.78 Å². The van der Waals surface area contributed by atoms with Crippen LogP contribution in [-0.2, 0) is 9.53 Å². The molecule has 54 valence electrons. The van der Waals surface area contributed by atoms with Gasteiger partial charge in [-0.2, -0.15) is 0 Å². The predicted molar refractivity (Wildman–Crippen MR) is 36.6 cm³/mol. The van der Waals surface area contributed by atoms with Gasteiger partial charge < -0.3 is 4.74 Å². The molecule has 0 aromatic rings. The van der Waals surface area contributed by atoms with Crippen LogP contribution in [0.1, 0.15) is 13.3 Å². The molecule has 0 bridgehead atoms. The Hall–Kier alpha value is -0.630. The Kier molecular flexibility index (Phi) is 1.17. The lowest BCUT2D eigenvalue weighted by Crippen LogP contribution is -2.11. The minimum Gasteiger partial charge on any atom is -0.374 e. The van der Waals surface area contributed by atoms with Gasteiger partial charge in [-0.25, -0.2) is 0 Å². The molecule has 10 heavy (non-hydrogen) atoms. The summed E-state index contributed by atoms with van der Waals surface area (Å²) in [7, 11) is 0. The van der Waals surface area contributed by atoms with E-state index in [1.807, 2.05) is 6.92 Å². The number of carbonyl (C=O) groups is 1. The van der Waals surface area contributed by atoms with Gasteiger partial charge in [-0.1, -0.05) is 0 Å². The summed E-state index contributed by atoms with van der Waals surface area (Å²) < 4.78 is 5.35. The number of carbonyl (C=O) groups excluding carboxylic acids is 1. The second-order valence-corrected chi connectivity index (χ2v) is 3.01. The van der Waals surface area contributed by atoms with Gasteiger partial charge in [-0.15, -0.1) is 0 Å². The quantitative estimate of drug-likeness (QED) is 0.497. The van der Waals surface area contributed by atoms with Crippen LogP contribution in [-0.4, -0.2) is 18.5 Å². The van der Waals surface area contributed by atoms with Crippen LogP contribution in [0.15, 0.2) is 11.6 Å². The SMILES string of the molecule is C[C@@H]1OCC2=CC(=O)C[C@@H]21. The molecule has 1 aliphatic carbocycles. The molecule has 1 saturated heterocycles. The van der Waals surface area contributed by atoms with Crippen molar-refractivity contribution in [2.45, 2.75) is 19.4 Å². The summed E-state index contributed by atoms with van der Waals surface area (Å²) in [5.74, 6) is 0.683. The van der Waals surface area contributed by atoms with Gasteiger partial charge in [0.1, 0.15) is 0 Å². The fraction of sp³-hybridized carbons (Fsp3) is 0.625. The molecular weight excluding hydrogens is 128 g/mol. The second kappa shape index (κ2) is 1.92. The Balaban J connectivity index is 2.26. The Morgan fingerprint density at radius 2 is 2.50 bits per heavy atom. The van der Waals surface area contributed by atoms with Crippen LogP contribution < -0.4 is 0 Å². The molecule has 2 nitrogen and oxygen atoms in total. The van der Waals surface area contributed by atoms with E-state index < -0.39 is 0 Å². The van der Waals surface area contributed by atoms with Crippen molar-refractivity contribution < 1.29 is 9.53 Å². The van der Waals surface area contributed by atoms with Gasteiger partial charge >= 0.3 is 0 Å². The minimum absolute atomic E-state index is 0.262. The Labute approximate surface area is 59.9 Å². The van der Waals surface area contributed by atoms with Crippen LogP contribution in [0.5, 0.6) is 0 Å². The molecular formula is C8H10O2. The molecule has 0 spiro atoms. The van der Waals surface area contributed by atoms with Gasteiger partial charge in [0.05, 0.1) is 12.7 Å². The first-order valence-corrected chi connectivity index (χ1v) is 3.62. The normalized spacial score (nSPS) is 38.1. The average Bonchev–Trinajstić information content (AvgIpc) is 2.35. The predicted octanol–water partition coefficient (Wildman–Crippen LogP) is 0.920. The first-order valence-electron chi connectivity index (χ1n) is 3.62. The van der Waals surface area contributed by atoms with E-state index >= 15 is 0 Å². The van der Waals surface area contributed by atoms with Crippen LogP contribution in [0.4, 0.5) is 0 Å². The topological polar surface area (TPSA) is 26.3 Å². The van der Waals surface area contributed by atoms with E-state index in [4.69, 9.17) is 4.74 Å². The molecule has 2 atom stereocenters. The fourth-order valence-corrected chi connectivity index (χ4v) is 1.68. The van der Waals surface area contributed by atoms with E-state index in [0.29, 0.717) is 18.9 Å². The maximum Gasteiger partial charge on any atom is 0.156 e. The molecule has 0 unspecified atom stereocenters. The molecule has 2 aliphatic rings. The maximum atomic E-state index is 10.9. The zero-order valence-electron chi connectivity index (χ0n) is 5.96. The van der Waals surface area contributed by atoms with E-state index in [0.717, 1.165) is 0 Å². The van der Waals surface area contributed by atoms with E-state index in [1.54, 1.807) is 6.08 Å². The van der Waals surface area contributed by atoms with E-state index in [1.165, 1.54) is 5.57 Å². The number of ether oxygens (including phenoxy) is 1. The van der Waals surface area contributed by atoms with Gasteiger partial charge in [0.2, 0.25) is 0 Å². The van der Waals surface area contributed by atoms with Crippen molar-refractivity contribution in [3.8, 4) is 0 Å². The van der Waals surface area contributed by atoms with Crippen LogP contribution >= 0.6 is 0 Å². The van der Waals surface area contributed by atoms with Crippen molar-refractivity contribution in [2.75, 3.05) is 6.61 Å². The third-order valence-corrected chi connectivity index (χ3v) is 2.32. The molecule has 2 heteroatoms. The second-order valence-electron chi connectivity index (χ2n) is 3.01. The lowest BCUT2D eigenvalue weighted by Gasteiger charge is -2.07.